The van der Waals surface area contributed by atoms with Gasteiger partial charge in [0.2, 0.25) is 0 Å². The van der Waals surface area contributed by atoms with Crippen LogP contribution in [0.4, 0.5) is 0 Å². The van der Waals surface area contributed by atoms with Gasteiger partial charge < -0.3 is 4.74 Å². The van der Waals surface area contributed by atoms with Gasteiger partial charge in [0, 0.05) is 15.9 Å². The molecule has 0 aliphatic carbocycles. The molecular formula is C13H8BrCl3O. The molecule has 2 rings (SSSR count). The normalized spacial score (nSPS) is 10.4. The van der Waals surface area contributed by atoms with E-state index in [-0.39, 0.29) is 0 Å². The highest BCUT2D eigenvalue weighted by molar-refractivity contribution is 9.08. The van der Waals surface area contributed by atoms with Crippen molar-refractivity contribution in [3.05, 3.63) is 57.0 Å². The zero-order valence-electron chi connectivity index (χ0n) is 9.09. The second-order valence-corrected chi connectivity index (χ2v) is 5.26. The summed E-state index contributed by atoms with van der Waals surface area (Å²) in [5.74, 6) is 1.16. The quantitative estimate of drug-likeness (QED) is 0.576. The van der Waals surface area contributed by atoms with Gasteiger partial charge in [-0.2, -0.15) is 0 Å². The summed E-state index contributed by atoms with van der Waals surface area (Å²) in [5, 5.41) is 2.08. The van der Waals surface area contributed by atoms with Crippen molar-refractivity contribution in [2.45, 2.75) is 5.33 Å². The zero-order valence-corrected chi connectivity index (χ0v) is 12.9. The maximum atomic E-state index is 6.10. The van der Waals surface area contributed by atoms with Crippen LogP contribution < -0.4 is 4.74 Å². The Bertz CT molecular complexity index is 572. The molecule has 0 bridgehead atoms. The predicted molar refractivity (Wildman–Crippen MR) is 80.6 cm³/mol. The summed E-state index contributed by atoms with van der Waals surface area (Å²) in [6.07, 6.45) is 0. The zero-order chi connectivity index (χ0) is 13.1. The number of hydrogen-bond acceptors (Lipinski definition) is 1. The molecular weight excluding hydrogens is 358 g/mol. The molecule has 0 atom stereocenters. The highest BCUT2D eigenvalue weighted by Crippen LogP contribution is 2.37. The lowest BCUT2D eigenvalue weighted by Crippen LogP contribution is -1.91. The summed E-state index contributed by atoms with van der Waals surface area (Å²) in [5.41, 5.74) is 0.871. The Hall–Kier alpha value is -0.410. The van der Waals surface area contributed by atoms with E-state index in [1.165, 1.54) is 0 Å². The van der Waals surface area contributed by atoms with Crippen LogP contribution in [0.25, 0.3) is 0 Å². The number of hydrogen-bond donors (Lipinski definition) is 0. The van der Waals surface area contributed by atoms with Gasteiger partial charge in [0.05, 0.1) is 5.02 Å². The van der Waals surface area contributed by atoms with Crippen molar-refractivity contribution in [3.8, 4) is 11.5 Å². The molecule has 1 nitrogen and oxygen atoms in total. The smallest absolute Gasteiger partial charge is 0.147 e. The minimum Gasteiger partial charge on any atom is -0.455 e. The van der Waals surface area contributed by atoms with Crippen LogP contribution in [0.2, 0.25) is 15.1 Å². The number of rotatable bonds is 3. The van der Waals surface area contributed by atoms with Gasteiger partial charge in [-0.15, -0.1) is 0 Å². The van der Waals surface area contributed by atoms with Gasteiger partial charge in [-0.1, -0.05) is 62.9 Å². The van der Waals surface area contributed by atoms with Crippen molar-refractivity contribution in [3.63, 3.8) is 0 Å². The summed E-state index contributed by atoms with van der Waals surface area (Å²) >= 11 is 21.5. The molecule has 0 fully saturated rings. The van der Waals surface area contributed by atoms with E-state index >= 15 is 0 Å². The molecule has 0 aliphatic heterocycles. The first kappa shape index (κ1) is 14.0. The van der Waals surface area contributed by atoms with Gasteiger partial charge in [0.1, 0.15) is 16.5 Å². The van der Waals surface area contributed by atoms with Gasteiger partial charge in [-0.05, 0) is 24.3 Å². The third-order valence-corrected chi connectivity index (χ3v) is 4.06. The molecule has 0 aliphatic rings. The van der Waals surface area contributed by atoms with Crippen LogP contribution in [0.1, 0.15) is 5.56 Å². The molecule has 0 heterocycles. The monoisotopic (exact) mass is 364 g/mol. The van der Waals surface area contributed by atoms with Crippen molar-refractivity contribution >= 4 is 50.7 Å². The van der Waals surface area contributed by atoms with Crippen LogP contribution in [-0.4, -0.2) is 0 Å². The average Bonchev–Trinajstić information content (AvgIpc) is 2.35. The van der Waals surface area contributed by atoms with Crippen LogP contribution in [0.15, 0.2) is 36.4 Å². The first-order chi connectivity index (χ1) is 8.63. The molecule has 0 radical (unpaired) electrons. The second-order valence-electron chi connectivity index (χ2n) is 3.50. The molecule has 0 N–H and O–H groups in total. The maximum Gasteiger partial charge on any atom is 0.147 e. The Balaban J connectivity index is 2.40. The Morgan fingerprint density at radius 1 is 0.889 bits per heavy atom. The van der Waals surface area contributed by atoms with E-state index in [1.807, 2.05) is 18.2 Å². The maximum absolute atomic E-state index is 6.10. The van der Waals surface area contributed by atoms with Crippen LogP contribution in [0.3, 0.4) is 0 Å². The Morgan fingerprint density at radius 3 is 2.17 bits per heavy atom. The molecule has 2 aromatic rings. The average molecular weight is 366 g/mol. The summed E-state index contributed by atoms with van der Waals surface area (Å²) < 4.78 is 5.76. The Kier molecular flexibility index (Phi) is 4.79. The molecule has 0 saturated carbocycles. The fourth-order valence-corrected chi connectivity index (χ4v) is 2.75. The number of benzene rings is 2. The van der Waals surface area contributed by atoms with Crippen molar-refractivity contribution in [2.75, 3.05) is 0 Å². The topological polar surface area (TPSA) is 9.23 Å². The second kappa shape index (κ2) is 6.16. The van der Waals surface area contributed by atoms with Gasteiger partial charge in [-0.25, -0.2) is 0 Å². The molecule has 0 unspecified atom stereocenters. The molecule has 94 valence electrons. The van der Waals surface area contributed by atoms with E-state index < -0.39 is 0 Å². The Morgan fingerprint density at radius 2 is 1.50 bits per heavy atom. The molecule has 18 heavy (non-hydrogen) atoms. The van der Waals surface area contributed by atoms with Crippen LogP contribution in [0.5, 0.6) is 11.5 Å². The number of halogens is 4. The standard InChI is InChI=1S/C13H8BrCl3O/c14-7-8-9(15)3-1-5-11(8)18-12-6-2-4-10(16)13(12)17/h1-6H,7H2. The summed E-state index contributed by atoms with van der Waals surface area (Å²) in [6, 6.07) is 10.7. The largest absolute Gasteiger partial charge is 0.455 e. The third kappa shape index (κ3) is 2.94. The van der Waals surface area contributed by atoms with Crippen molar-refractivity contribution in [1.82, 2.24) is 0 Å². The highest BCUT2D eigenvalue weighted by Gasteiger charge is 2.11. The molecule has 0 amide bonds. The van der Waals surface area contributed by atoms with Gasteiger partial charge >= 0.3 is 0 Å². The number of alkyl halides is 1. The van der Waals surface area contributed by atoms with Crippen LogP contribution in [-0.2, 0) is 5.33 Å². The van der Waals surface area contributed by atoms with E-state index in [4.69, 9.17) is 39.5 Å². The molecule has 0 spiro atoms. The molecule has 0 aromatic heterocycles. The van der Waals surface area contributed by atoms with Gasteiger partial charge in [-0.3, -0.25) is 0 Å². The van der Waals surface area contributed by atoms with Crippen molar-refractivity contribution < 1.29 is 4.74 Å². The van der Waals surface area contributed by atoms with Gasteiger partial charge in [0.15, 0.2) is 0 Å². The lowest BCUT2D eigenvalue weighted by Gasteiger charge is -2.12. The highest BCUT2D eigenvalue weighted by atomic mass is 79.9. The van der Waals surface area contributed by atoms with Crippen LogP contribution >= 0.6 is 50.7 Å². The van der Waals surface area contributed by atoms with Crippen LogP contribution in [0, 0.1) is 0 Å². The minimum atomic E-state index is 0.389. The molecule has 0 saturated heterocycles. The third-order valence-electron chi connectivity index (χ3n) is 2.35. The van der Waals surface area contributed by atoms with E-state index in [2.05, 4.69) is 15.9 Å². The summed E-state index contributed by atoms with van der Waals surface area (Å²) in [4.78, 5) is 0. The summed E-state index contributed by atoms with van der Waals surface area (Å²) in [7, 11) is 0. The molecule has 2 aromatic carbocycles. The van der Waals surface area contributed by atoms with E-state index in [9.17, 15) is 0 Å². The Labute approximate surface area is 129 Å². The van der Waals surface area contributed by atoms with Crippen molar-refractivity contribution in [2.24, 2.45) is 0 Å². The molecule has 5 heteroatoms. The lowest BCUT2D eigenvalue weighted by molar-refractivity contribution is 0.479. The van der Waals surface area contributed by atoms with E-state index in [1.54, 1.807) is 18.2 Å². The number of ether oxygens (including phenoxy) is 1. The first-order valence-corrected chi connectivity index (χ1v) is 7.34. The van der Waals surface area contributed by atoms with E-state index in [0.29, 0.717) is 31.9 Å². The summed E-state index contributed by atoms with van der Waals surface area (Å²) in [6.45, 7) is 0. The lowest BCUT2D eigenvalue weighted by atomic mass is 10.2. The predicted octanol–water partition coefficient (Wildman–Crippen LogP) is 6.33. The fourth-order valence-electron chi connectivity index (χ4n) is 1.45. The first-order valence-electron chi connectivity index (χ1n) is 5.08. The van der Waals surface area contributed by atoms with Gasteiger partial charge in [0.25, 0.3) is 0 Å². The SMILES string of the molecule is Clc1cccc(Oc2cccc(Cl)c2CBr)c1Cl. The van der Waals surface area contributed by atoms with E-state index in [0.717, 1.165) is 5.56 Å². The van der Waals surface area contributed by atoms with Crippen molar-refractivity contribution in [1.29, 1.82) is 0 Å². The minimum absolute atomic E-state index is 0.389. The fraction of sp³-hybridized carbons (Fsp3) is 0.0769.